The molecule has 2 atom stereocenters. The van der Waals surface area contributed by atoms with Crippen molar-refractivity contribution < 1.29 is 4.74 Å². The minimum atomic E-state index is 0.374. The van der Waals surface area contributed by atoms with Gasteiger partial charge in [0.05, 0.1) is 6.61 Å². The fourth-order valence-electron chi connectivity index (χ4n) is 3.04. The zero-order chi connectivity index (χ0) is 14.7. The van der Waals surface area contributed by atoms with Gasteiger partial charge in [0.2, 0.25) is 0 Å². The van der Waals surface area contributed by atoms with Gasteiger partial charge in [-0.3, -0.25) is 0 Å². The van der Waals surface area contributed by atoms with Crippen molar-refractivity contribution in [3.8, 4) is 5.75 Å². The van der Waals surface area contributed by atoms with E-state index in [2.05, 4.69) is 67.7 Å². The Kier molecular flexibility index (Phi) is 4.26. The summed E-state index contributed by atoms with van der Waals surface area (Å²) in [5, 5.41) is 3.68. The summed E-state index contributed by atoms with van der Waals surface area (Å²) in [5.74, 6) is 1.07. The van der Waals surface area contributed by atoms with Crippen LogP contribution in [-0.2, 0) is 12.8 Å². The molecule has 1 aliphatic heterocycles. The van der Waals surface area contributed by atoms with Gasteiger partial charge in [0.1, 0.15) is 5.75 Å². The fraction of sp³-hybridized carbons (Fsp3) is 0.368. The van der Waals surface area contributed by atoms with Gasteiger partial charge in [0.25, 0.3) is 0 Å². The summed E-state index contributed by atoms with van der Waals surface area (Å²) >= 11 is 0. The van der Waals surface area contributed by atoms with E-state index in [4.69, 9.17) is 4.74 Å². The predicted octanol–water partition coefficient (Wildman–Crippen LogP) is 3.90. The van der Waals surface area contributed by atoms with Gasteiger partial charge in [-0.2, -0.15) is 0 Å². The third-order valence-electron chi connectivity index (χ3n) is 4.13. The van der Waals surface area contributed by atoms with E-state index < -0.39 is 0 Å². The molecule has 0 aromatic heterocycles. The molecule has 0 fully saturated rings. The molecule has 0 spiro atoms. The Morgan fingerprint density at radius 2 is 1.90 bits per heavy atom. The number of rotatable bonds is 5. The van der Waals surface area contributed by atoms with Crippen LogP contribution in [0.4, 0.5) is 0 Å². The Morgan fingerprint density at radius 3 is 2.71 bits per heavy atom. The number of ether oxygens (including phenoxy) is 1. The molecule has 0 amide bonds. The molecule has 2 heteroatoms. The first kappa shape index (κ1) is 14.2. The normalized spacial score (nSPS) is 16.1. The van der Waals surface area contributed by atoms with Gasteiger partial charge in [0, 0.05) is 18.5 Å². The summed E-state index contributed by atoms with van der Waals surface area (Å²) in [6.45, 7) is 5.31. The van der Waals surface area contributed by atoms with Crippen molar-refractivity contribution >= 4 is 0 Å². The molecule has 3 rings (SSSR count). The van der Waals surface area contributed by atoms with E-state index in [-0.39, 0.29) is 0 Å². The Labute approximate surface area is 127 Å². The molecule has 0 bridgehead atoms. The maximum absolute atomic E-state index is 5.57. The molecule has 2 aromatic carbocycles. The lowest BCUT2D eigenvalue weighted by molar-refractivity contribution is 0.357. The van der Waals surface area contributed by atoms with Gasteiger partial charge in [-0.15, -0.1) is 0 Å². The molecule has 110 valence electrons. The summed E-state index contributed by atoms with van der Waals surface area (Å²) < 4.78 is 5.57. The molecule has 1 heterocycles. The average Bonchev–Trinajstić information content (AvgIpc) is 2.95. The molecular formula is C19H23NO. The zero-order valence-electron chi connectivity index (χ0n) is 12.8. The topological polar surface area (TPSA) is 21.3 Å². The standard InChI is InChI=1S/C19H23NO/c1-14(20-15(2)17-6-4-3-5-7-17)12-16-8-9-19-18(13-16)10-11-21-19/h3-9,13-15,20H,10-12H2,1-2H3/t14-,15-/m0/s1. The monoisotopic (exact) mass is 281 g/mol. The second-order valence-electron chi connectivity index (χ2n) is 5.94. The summed E-state index contributed by atoms with van der Waals surface area (Å²) in [7, 11) is 0. The van der Waals surface area contributed by atoms with Crippen molar-refractivity contribution in [2.75, 3.05) is 6.61 Å². The highest BCUT2D eigenvalue weighted by Crippen LogP contribution is 2.26. The van der Waals surface area contributed by atoms with E-state index >= 15 is 0 Å². The van der Waals surface area contributed by atoms with Gasteiger partial charge in [-0.1, -0.05) is 42.5 Å². The molecule has 2 aromatic rings. The first-order valence-electron chi connectivity index (χ1n) is 7.78. The third-order valence-corrected chi connectivity index (χ3v) is 4.13. The van der Waals surface area contributed by atoms with Crippen LogP contribution < -0.4 is 10.1 Å². The van der Waals surface area contributed by atoms with Gasteiger partial charge >= 0.3 is 0 Å². The van der Waals surface area contributed by atoms with Crippen molar-refractivity contribution in [3.63, 3.8) is 0 Å². The van der Waals surface area contributed by atoms with Crippen LogP contribution in [0.3, 0.4) is 0 Å². The van der Waals surface area contributed by atoms with Crippen molar-refractivity contribution in [3.05, 3.63) is 65.2 Å². The van der Waals surface area contributed by atoms with Crippen LogP contribution in [0.25, 0.3) is 0 Å². The van der Waals surface area contributed by atoms with Crippen molar-refractivity contribution in [1.29, 1.82) is 0 Å². The Balaban J connectivity index is 1.60. The molecule has 21 heavy (non-hydrogen) atoms. The van der Waals surface area contributed by atoms with Gasteiger partial charge < -0.3 is 10.1 Å². The molecule has 0 aliphatic carbocycles. The highest BCUT2D eigenvalue weighted by Gasteiger charge is 2.14. The summed E-state index contributed by atoms with van der Waals surface area (Å²) in [4.78, 5) is 0. The Bertz CT molecular complexity index is 594. The predicted molar refractivity (Wildman–Crippen MR) is 86.8 cm³/mol. The second-order valence-corrected chi connectivity index (χ2v) is 5.94. The van der Waals surface area contributed by atoms with E-state index in [0.29, 0.717) is 12.1 Å². The molecule has 1 N–H and O–H groups in total. The molecule has 0 unspecified atom stereocenters. The first-order valence-corrected chi connectivity index (χ1v) is 7.78. The van der Waals surface area contributed by atoms with Crippen LogP contribution in [0.5, 0.6) is 5.75 Å². The lowest BCUT2D eigenvalue weighted by Crippen LogP contribution is -2.30. The van der Waals surface area contributed by atoms with E-state index in [0.717, 1.165) is 25.2 Å². The largest absolute Gasteiger partial charge is 0.493 e. The number of hydrogen-bond donors (Lipinski definition) is 1. The number of benzene rings is 2. The number of hydrogen-bond acceptors (Lipinski definition) is 2. The van der Waals surface area contributed by atoms with Crippen LogP contribution in [0.2, 0.25) is 0 Å². The Hall–Kier alpha value is -1.80. The summed E-state index contributed by atoms with van der Waals surface area (Å²) in [6.07, 6.45) is 2.09. The van der Waals surface area contributed by atoms with E-state index in [9.17, 15) is 0 Å². The van der Waals surface area contributed by atoms with Gasteiger partial charge in [0.15, 0.2) is 0 Å². The highest BCUT2D eigenvalue weighted by molar-refractivity contribution is 5.40. The summed E-state index contributed by atoms with van der Waals surface area (Å²) in [6, 6.07) is 18.0. The maximum atomic E-state index is 5.57. The van der Waals surface area contributed by atoms with Crippen LogP contribution in [0.1, 0.15) is 36.6 Å². The molecule has 0 saturated heterocycles. The molecule has 0 radical (unpaired) electrons. The SMILES string of the molecule is C[C@H](N[C@@H](C)Cc1ccc2c(c1)CCO2)c1ccccc1. The zero-order valence-corrected chi connectivity index (χ0v) is 12.8. The average molecular weight is 281 g/mol. The van der Waals surface area contributed by atoms with E-state index in [1.165, 1.54) is 16.7 Å². The van der Waals surface area contributed by atoms with Crippen LogP contribution in [0.15, 0.2) is 48.5 Å². The van der Waals surface area contributed by atoms with E-state index in [1.807, 2.05) is 0 Å². The molecular weight excluding hydrogens is 258 g/mol. The minimum Gasteiger partial charge on any atom is -0.493 e. The lowest BCUT2D eigenvalue weighted by Gasteiger charge is -2.20. The molecule has 2 nitrogen and oxygen atoms in total. The van der Waals surface area contributed by atoms with Crippen LogP contribution in [-0.4, -0.2) is 12.6 Å². The van der Waals surface area contributed by atoms with Crippen LogP contribution in [0, 0.1) is 0 Å². The lowest BCUT2D eigenvalue weighted by atomic mass is 10.0. The number of fused-ring (bicyclic) bond motifs is 1. The maximum Gasteiger partial charge on any atom is 0.122 e. The number of nitrogens with one attached hydrogen (secondary N) is 1. The summed E-state index contributed by atoms with van der Waals surface area (Å²) in [5.41, 5.74) is 4.09. The first-order chi connectivity index (χ1) is 10.2. The van der Waals surface area contributed by atoms with Gasteiger partial charge in [-0.25, -0.2) is 0 Å². The molecule has 0 saturated carbocycles. The van der Waals surface area contributed by atoms with Gasteiger partial charge in [-0.05, 0) is 43.0 Å². The Morgan fingerprint density at radius 1 is 1.10 bits per heavy atom. The van der Waals surface area contributed by atoms with Crippen molar-refractivity contribution in [1.82, 2.24) is 5.32 Å². The molecule has 1 aliphatic rings. The quantitative estimate of drug-likeness (QED) is 0.897. The smallest absolute Gasteiger partial charge is 0.122 e. The van der Waals surface area contributed by atoms with Crippen molar-refractivity contribution in [2.45, 2.75) is 38.8 Å². The van der Waals surface area contributed by atoms with Crippen molar-refractivity contribution in [2.24, 2.45) is 0 Å². The van der Waals surface area contributed by atoms with Crippen LogP contribution >= 0.6 is 0 Å². The second kappa shape index (κ2) is 6.31. The van der Waals surface area contributed by atoms with E-state index in [1.54, 1.807) is 0 Å². The highest BCUT2D eigenvalue weighted by atomic mass is 16.5. The fourth-order valence-corrected chi connectivity index (χ4v) is 3.04. The minimum absolute atomic E-state index is 0.374. The third kappa shape index (κ3) is 3.45.